The summed E-state index contributed by atoms with van der Waals surface area (Å²) in [5.41, 5.74) is 0. The molecule has 0 aliphatic heterocycles. The molecular weight excluding hydrogens is 198 g/mol. The van der Waals surface area contributed by atoms with Crippen molar-refractivity contribution in [3.05, 3.63) is 0 Å². The Morgan fingerprint density at radius 2 is 1.80 bits per heavy atom. The summed E-state index contributed by atoms with van der Waals surface area (Å²) in [6.07, 6.45) is -0.514. The van der Waals surface area contributed by atoms with Gasteiger partial charge in [0.05, 0.1) is 13.5 Å². The monoisotopic (exact) mass is 217 g/mol. The summed E-state index contributed by atoms with van der Waals surface area (Å²) in [4.78, 5) is 24.0. The van der Waals surface area contributed by atoms with Crippen LogP contribution in [0.2, 0.25) is 0 Å². The van der Waals surface area contributed by atoms with Crippen molar-refractivity contribution in [2.24, 2.45) is 0 Å². The van der Waals surface area contributed by atoms with Gasteiger partial charge in [0.25, 0.3) is 0 Å². The molecule has 1 amide bonds. The van der Waals surface area contributed by atoms with Crippen molar-refractivity contribution in [3.63, 3.8) is 0 Å². The highest BCUT2D eigenvalue weighted by Gasteiger charge is 2.25. The molecule has 0 aliphatic rings. The minimum atomic E-state index is -0.560. The smallest absolute Gasteiger partial charge is 0.310 e. The van der Waals surface area contributed by atoms with E-state index in [0.717, 1.165) is 0 Å². The highest BCUT2D eigenvalue weighted by atomic mass is 16.5. The minimum absolute atomic E-state index is 0.0166. The molecule has 15 heavy (non-hydrogen) atoms. The van der Waals surface area contributed by atoms with Crippen LogP contribution in [0.5, 0.6) is 0 Å². The van der Waals surface area contributed by atoms with Crippen LogP contribution >= 0.6 is 0 Å². The molecule has 0 spiro atoms. The van der Waals surface area contributed by atoms with E-state index in [1.165, 1.54) is 26.0 Å². The normalized spacial score (nSPS) is 12.4. The molecule has 0 heterocycles. The van der Waals surface area contributed by atoms with Gasteiger partial charge in [0.15, 0.2) is 0 Å². The zero-order valence-corrected chi connectivity index (χ0v) is 9.94. The molecule has 0 saturated heterocycles. The Hall–Kier alpha value is -1.10. The molecule has 0 saturated carbocycles. The van der Waals surface area contributed by atoms with Gasteiger partial charge >= 0.3 is 5.97 Å². The van der Waals surface area contributed by atoms with Gasteiger partial charge in [-0.1, -0.05) is 0 Å². The standard InChI is InChI=1S/C10H19NO4/c1-7(2)11(8(3)12)9(14-4)6-10(13)15-5/h7,9H,6H2,1-5H3. The van der Waals surface area contributed by atoms with E-state index in [0.29, 0.717) is 0 Å². The summed E-state index contributed by atoms with van der Waals surface area (Å²) in [7, 11) is 2.77. The second-order valence-corrected chi connectivity index (χ2v) is 3.49. The number of methoxy groups -OCH3 is 2. The van der Waals surface area contributed by atoms with Gasteiger partial charge in [-0.15, -0.1) is 0 Å². The third kappa shape index (κ3) is 4.29. The van der Waals surface area contributed by atoms with Gasteiger partial charge in [-0.3, -0.25) is 9.59 Å². The molecule has 0 N–H and O–H groups in total. The number of amides is 1. The van der Waals surface area contributed by atoms with Crippen molar-refractivity contribution in [2.75, 3.05) is 14.2 Å². The van der Waals surface area contributed by atoms with Gasteiger partial charge in [0.1, 0.15) is 6.23 Å². The molecule has 0 aromatic heterocycles. The maximum atomic E-state index is 11.3. The Labute approximate surface area is 90.3 Å². The number of nitrogens with zero attached hydrogens (tertiary/aromatic N) is 1. The molecule has 0 radical (unpaired) electrons. The highest BCUT2D eigenvalue weighted by Crippen LogP contribution is 2.11. The summed E-state index contributed by atoms with van der Waals surface area (Å²) in [5, 5.41) is 0. The van der Waals surface area contributed by atoms with E-state index in [4.69, 9.17) is 4.74 Å². The number of esters is 1. The fourth-order valence-electron chi connectivity index (χ4n) is 1.42. The lowest BCUT2D eigenvalue weighted by atomic mass is 10.2. The van der Waals surface area contributed by atoms with Crippen molar-refractivity contribution in [1.29, 1.82) is 0 Å². The Kier molecular flexibility index (Phi) is 5.93. The summed E-state index contributed by atoms with van der Waals surface area (Å²) >= 11 is 0. The van der Waals surface area contributed by atoms with Crippen LogP contribution in [0.4, 0.5) is 0 Å². The third-order valence-electron chi connectivity index (χ3n) is 2.07. The molecule has 0 aromatic carbocycles. The Bertz CT molecular complexity index is 227. The number of hydrogen-bond donors (Lipinski definition) is 0. The first-order chi connectivity index (χ1) is 6.93. The summed E-state index contributed by atoms with van der Waals surface area (Å²) in [6, 6.07) is -0.0166. The number of rotatable bonds is 5. The van der Waals surface area contributed by atoms with Crippen molar-refractivity contribution in [3.8, 4) is 0 Å². The average molecular weight is 217 g/mol. The van der Waals surface area contributed by atoms with E-state index in [2.05, 4.69) is 4.74 Å². The van der Waals surface area contributed by atoms with E-state index in [9.17, 15) is 9.59 Å². The van der Waals surface area contributed by atoms with Crippen LogP contribution in [-0.2, 0) is 19.1 Å². The fourth-order valence-corrected chi connectivity index (χ4v) is 1.42. The molecule has 0 aromatic rings. The molecule has 1 atom stereocenters. The van der Waals surface area contributed by atoms with Crippen LogP contribution in [0.3, 0.4) is 0 Å². The fraction of sp³-hybridized carbons (Fsp3) is 0.800. The van der Waals surface area contributed by atoms with Crippen molar-refractivity contribution in [2.45, 2.75) is 39.5 Å². The summed E-state index contributed by atoms with van der Waals surface area (Å²) in [6.45, 7) is 5.18. The van der Waals surface area contributed by atoms with Crippen LogP contribution in [0.25, 0.3) is 0 Å². The van der Waals surface area contributed by atoms with Crippen molar-refractivity contribution in [1.82, 2.24) is 4.90 Å². The average Bonchev–Trinajstić information content (AvgIpc) is 2.15. The maximum Gasteiger partial charge on any atom is 0.310 e. The lowest BCUT2D eigenvalue weighted by Gasteiger charge is -2.32. The van der Waals surface area contributed by atoms with Crippen LogP contribution < -0.4 is 0 Å². The first-order valence-electron chi connectivity index (χ1n) is 4.82. The predicted octanol–water partition coefficient (Wildman–Crippen LogP) is 0.779. The number of carbonyl (C=O) groups excluding carboxylic acids is 2. The van der Waals surface area contributed by atoms with Gasteiger partial charge in [-0.25, -0.2) is 0 Å². The predicted molar refractivity (Wildman–Crippen MR) is 55.1 cm³/mol. The van der Waals surface area contributed by atoms with Crippen LogP contribution in [-0.4, -0.2) is 43.3 Å². The minimum Gasteiger partial charge on any atom is -0.469 e. The summed E-state index contributed by atoms with van der Waals surface area (Å²) < 4.78 is 9.65. The number of ether oxygens (including phenoxy) is 2. The van der Waals surface area contributed by atoms with Crippen molar-refractivity contribution < 1.29 is 19.1 Å². The summed E-state index contributed by atoms with van der Waals surface area (Å²) in [5.74, 6) is -0.519. The zero-order valence-electron chi connectivity index (χ0n) is 9.94. The molecule has 0 fully saturated rings. The molecule has 5 heteroatoms. The lowest BCUT2D eigenvalue weighted by Crippen LogP contribution is -2.45. The van der Waals surface area contributed by atoms with Gasteiger partial charge in [-0.2, -0.15) is 0 Å². The Balaban J connectivity index is 4.59. The van der Waals surface area contributed by atoms with Gasteiger partial charge < -0.3 is 14.4 Å². The molecule has 5 nitrogen and oxygen atoms in total. The van der Waals surface area contributed by atoms with Crippen LogP contribution in [0, 0.1) is 0 Å². The second-order valence-electron chi connectivity index (χ2n) is 3.49. The molecule has 0 rings (SSSR count). The molecule has 0 aliphatic carbocycles. The van der Waals surface area contributed by atoms with Crippen LogP contribution in [0.1, 0.15) is 27.2 Å². The van der Waals surface area contributed by atoms with Crippen molar-refractivity contribution >= 4 is 11.9 Å². The molecule has 0 bridgehead atoms. The zero-order chi connectivity index (χ0) is 12.0. The van der Waals surface area contributed by atoms with E-state index >= 15 is 0 Å². The number of carbonyl (C=O) groups is 2. The Morgan fingerprint density at radius 1 is 1.27 bits per heavy atom. The van der Waals surface area contributed by atoms with Gasteiger partial charge in [-0.05, 0) is 13.8 Å². The topological polar surface area (TPSA) is 55.8 Å². The first kappa shape index (κ1) is 13.9. The second kappa shape index (κ2) is 6.40. The van der Waals surface area contributed by atoms with E-state index in [1.54, 1.807) is 0 Å². The SMILES string of the molecule is COC(=O)CC(OC)N(C(C)=O)C(C)C. The van der Waals surface area contributed by atoms with Gasteiger partial charge in [0, 0.05) is 20.1 Å². The molecule has 88 valence electrons. The number of hydrogen-bond acceptors (Lipinski definition) is 4. The molecular formula is C10H19NO4. The molecule has 1 unspecified atom stereocenters. The quantitative estimate of drug-likeness (QED) is 0.504. The lowest BCUT2D eigenvalue weighted by molar-refractivity contribution is -0.155. The first-order valence-corrected chi connectivity index (χ1v) is 4.82. The highest BCUT2D eigenvalue weighted by molar-refractivity contribution is 5.75. The third-order valence-corrected chi connectivity index (χ3v) is 2.07. The Morgan fingerprint density at radius 3 is 2.07 bits per heavy atom. The van der Waals surface area contributed by atoms with Crippen LogP contribution in [0.15, 0.2) is 0 Å². The van der Waals surface area contributed by atoms with E-state index in [1.807, 2.05) is 13.8 Å². The maximum absolute atomic E-state index is 11.3. The van der Waals surface area contributed by atoms with E-state index in [-0.39, 0.29) is 18.4 Å². The van der Waals surface area contributed by atoms with E-state index < -0.39 is 12.2 Å². The largest absolute Gasteiger partial charge is 0.469 e. The van der Waals surface area contributed by atoms with Gasteiger partial charge in [0.2, 0.25) is 5.91 Å².